The minimum atomic E-state index is -0.966. The van der Waals surface area contributed by atoms with E-state index in [-0.39, 0.29) is 11.8 Å². The summed E-state index contributed by atoms with van der Waals surface area (Å²) >= 11 is 0. The van der Waals surface area contributed by atoms with E-state index in [0.29, 0.717) is 26.1 Å². The second kappa shape index (κ2) is 4.95. The van der Waals surface area contributed by atoms with Gasteiger partial charge in [0.05, 0.1) is 0 Å². The molecular formula is C9H15NO4. The van der Waals surface area contributed by atoms with Gasteiger partial charge in [-0.05, 0) is 18.8 Å². The Hall–Kier alpha value is -1.10. The summed E-state index contributed by atoms with van der Waals surface area (Å²) in [6.07, 6.45) is 1.38. The number of nitrogens with one attached hydrogen (secondary N) is 1. The topological polar surface area (TPSA) is 75.6 Å². The van der Waals surface area contributed by atoms with Crippen LogP contribution in [-0.4, -0.2) is 36.2 Å². The largest absolute Gasteiger partial charge is 0.480 e. The normalized spacial score (nSPS) is 20.1. The molecule has 0 saturated carbocycles. The highest BCUT2D eigenvalue weighted by molar-refractivity contribution is 5.82. The van der Waals surface area contributed by atoms with Gasteiger partial charge in [0, 0.05) is 20.1 Å². The Bertz CT molecular complexity index is 223. The van der Waals surface area contributed by atoms with Gasteiger partial charge in [-0.15, -0.1) is 0 Å². The van der Waals surface area contributed by atoms with Gasteiger partial charge in [-0.3, -0.25) is 4.79 Å². The molecule has 1 heterocycles. The smallest absolute Gasteiger partial charge is 0.326 e. The summed E-state index contributed by atoms with van der Waals surface area (Å²) in [4.78, 5) is 21.7. The van der Waals surface area contributed by atoms with Gasteiger partial charge < -0.3 is 15.2 Å². The van der Waals surface area contributed by atoms with Gasteiger partial charge in [0.1, 0.15) is 6.04 Å². The molecule has 0 aromatic heterocycles. The lowest BCUT2D eigenvalue weighted by Gasteiger charge is -2.27. The number of carbonyl (C=O) groups is 2. The molecule has 1 aliphatic rings. The number of carbonyl (C=O) groups excluding carboxylic acids is 1. The van der Waals surface area contributed by atoms with Crippen molar-refractivity contribution >= 4 is 11.9 Å². The summed E-state index contributed by atoms with van der Waals surface area (Å²) in [5, 5.41) is 11.4. The minimum Gasteiger partial charge on any atom is -0.480 e. The van der Waals surface area contributed by atoms with Crippen LogP contribution in [0.3, 0.4) is 0 Å². The Labute approximate surface area is 82.4 Å². The summed E-state index contributed by atoms with van der Waals surface area (Å²) in [7, 11) is 0. The van der Waals surface area contributed by atoms with E-state index in [2.05, 4.69) is 5.32 Å². The van der Waals surface area contributed by atoms with Crippen LogP contribution in [0.1, 0.15) is 19.8 Å². The van der Waals surface area contributed by atoms with Crippen LogP contribution in [0.15, 0.2) is 0 Å². The number of hydrogen-bond donors (Lipinski definition) is 2. The quantitative estimate of drug-likeness (QED) is 0.674. The van der Waals surface area contributed by atoms with Gasteiger partial charge in [0.25, 0.3) is 0 Å². The standard InChI is InChI=1S/C9H15NO4/c1-6(11)10-8(9(12)13)7-2-4-14-5-3-7/h7-8H,2-5H2,1H3,(H,10,11)(H,12,13)/t8-/m0/s1. The van der Waals surface area contributed by atoms with Gasteiger partial charge in [-0.1, -0.05) is 0 Å². The highest BCUT2D eigenvalue weighted by atomic mass is 16.5. The molecule has 0 aliphatic carbocycles. The molecular weight excluding hydrogens is 186 g/mol. The first kappa shape index (κ1) is 11.0. The molecule has 1 rings (SSSR count). The van der Waals surface area contributed by atoms with Gasteiger partial charge in [0.15, 0.2) is 0 Å². The average molecular weight is 201 g/mol. The summed E-state index contributed by atoms with van der Waals surface area (Å²) < 4.78 is 5.13. The zero-order valence-electron chi connectivity index (χ0n) is 8.16. The fraction of sp³-hybridized carbons (Fsp3) is 0.778. The fourth-order valence-electron chi connectivity index (χ4n) is 1.65. The number of rotatable bonds is 3. The molecule has 14 heavy (non-hydrogen) atoms. The van der Waals surface area contributed by atoms with Crippen LogP contribution in [0.25, 0.3) is 0 Å². The van der Waals surface area contributed by atoms with Crippen molar-refractivity contribution in [1.82, 2.24) is 5.32 Å². The molecule has 1 aliphatic heterocycles. The Kier molecular flexibility index (Phi) is 3.88. The maximum Gasteiger partial charge on any atom is 0.326 e. The first-order valence-electron chi connectivity index (χ1n) is 4.69. The van der Waals surface area contributed by atoms with Crippen molar-refractivity contribution in [3.63, 3.8) is 0 Å². The first-order chi connectivity index (χ1) is 6.61. The number of ether oxygens (including phenoxy) is 1. The van der Waals surface area contributed by atoms with Crippen LogP contribution in [0, 0.1) is 5.92 Å². The Morgan fingerprint density at radius 1 is 1.43 bits per heavy atom. The second-order valence-electron chi connectivity index (χ2n) is 3.47. The van der Waals surface area contributed by atoms with E-state index < -0.39 is 12.0 Å². The fourth-order valence-corrected chi connectivity index (χ4v) is 1.65. The van der Waals surface area contributed by atoms with Crippen molar-refractivity contribution in [2.24, 2.45) is 5.92 Å². The number of amides is 1. The van der Waals surface area contributed by atoms with E-state index in [1.54, 1.807) is 0 Å². The molecule has 2 N–H and O–H groups in total. The van der Waals surface area contributed by atoms with Gasteiger partial charge >= 0.3 is 5.97 Å². The van der Waals surface area contributed by atoms with Crippen LogP contribution in [0.5, 0.6) is 0 Å². The van der Waals surface area contributed by atoms with Crippen molar-refractivity contribution in [2.75, 3.05) is 13.2 Å². The molecule has 0 aromatic rings. The summed E-state index contributed by atoms with van der Waals surface area (Å²) in [6.45, 7) is 2.48. The van der Waals surface area contributed by atoms with Crippen LogP contribution >= 0.6 is 0 Å². The molecule has 0 spiro atoms. The zero-order chi connectivity index (χ0) is 10.6. The van der Waals surface area contributed by atoms with Crippen LogP contribution in [0.2, 0.25) is 0 Å². The SMILES string of the molecule is CC(=O)N[C@H](C(=O)O)C1CCOCC1. The van der Waals surface area contributed by atoms with E-state index in [9.17, 15) is 9.59 Å². The van der Waals surface area contributed by atoms with Crippen molar-refractivity contribution in [3.8, 4) is 0 Å². The summed E-state index contributed by atoms with van der Waals surface area (Å²) in [6, 6.07) is -0.767. The zero-order valence-corrected chi connectivity index (χ0v) is 8.16. The van der Waals surface area contributed by atoms with E-state index in [4.69, 9.17) is 9.84 Å². The third kappa shape index (κ3) is 2.99. The number of hydrogen-bond acceptors (Lipinski definition) is 3. The molecule has 0 radical (unpaired) electrons. The monoisotopic (exact) mass is 201 g/mol. The van der Waals surface area contributed by atoms with Crippen LogP contribution < -0.4 is 5.32 Å². The third-order valence-electron chi connectivity index (χ3n) is 2.36. The van der Waals surface area contributed by atoms with Crippen LogP contribution in [-0.2, 0) is 14.3 Å². The number of carboxylic acids is 1. The maximum atomic E-state index is 10.9. The second-order valence-corrected chi connectivity index (χ2v) is 3.47. The van der Waals surface area contributed by atoms with Gasteiger partial charge in [-0.2, -0.15) is 0 Å². The number of aliphatic carboxylic acids is 1. The molecule has 5 heteroatoms. The lowest BCUT2D eigenvalue weighted by molar-refractivity contribution is -0.144. The Morgan fingerprint density at radius 3 is 2.43 bits per heavy atom. The van der Waals surface area contributed by atoms with E-state index in [1.807, 2.05) is 0 Å². The molecule has 0 bridgehead atoms. The molecule has 1 atom stereocenters. The first-order valence-corrected chi connectivity index (χ1v) is 4.69. The Balaban J connectivity index is 2.56. The van der Waals surface area contributed by atoms with Crippen molar-refractivity contribution in [1.29, 1.82) is 0 Å². The number of carboxylic acid groups (broad SMARTS) is 1. The van der Waals surface area contributed by atoms with Gasteiger partial charge in [0.2, 0.25) is 5.91 Å². The van der Waals surface area contributed by atoms with Crippen molar-refractivity contribution < 1.29 is 19.4 Å². The molecule has 0 unspecified atom stereocenters. The lowest BCUT2D eigenvalue weighted by Crippen LogP contribution is -2.46. The highest BCUT2D eigenvalue weighted by Crippen LogP contribution is 2.18. The molecule has 1 fully saturated rings. The van der Waals surface area contributed by atoms with E-state index in [1.165, 1.54) is 6.92 Å². The van der Waals surface area contributed by atoms with E-state index in [0.717, 1.165) is 0 Å². The lowest BCUT2D eigenvalue weighted by atomic mass is 9.92. The third-order valence-corrected chi connectivity index (χ3v) is 2.36. The van der Waals surface area contributed by atoms with E-state index >= 15 is 0 Å². The highest BCUT2D eigenvalue weighted by Gasteiger charge is 2.30. The molecule has 80 valence electrons. The molecule has 0 aromatic carbocycles. The average Bonchev–Trinajstić information content (AvgIpc) is 2.15. The molecule has 1 amide bonds. The van der Waals surface area contributed by atoms with Crippen LogP contribution in [0.4, 0.5) is 0 Å². The maximum absolute atomic E-state index is 10.9. The Morgan fingerprint density at radius 2 is 2.00 bits per heavy atom. The predicted molar refractivity (Wildman–Crippen MR) is 48.8 cm³/mol. The minimum absolute atomic E-state index is 0.00912. The van der Waals surface area contributed by atoms with Crippen molar-refractivity contribution in [2.45, 2.75) is 25.8 Å². The predicted octanol–water partition coefficient (Wildman–Crippen LogP) is 0.00230. The van der Waals surface area contributed by atoms with Gasteiger partial charge in [-0.25, -0.2) is 4.79 Å². The summed E-state index contributed by atoms with van der Waals surface area (Å²) in [5.41, 5.74) is 0. The van der Waals surface area contributed by atoms with Crippen molar-refractivity contribution in [3.05, 3.63) is 0 Å². The summed E-state index contributed by atoms with van der Waals surface area (Å²) in [5.74, 6) is -1.28. The molecule has 5 nitrogen and oxygen atoms in total. The molecule has 1 saturated heterocycles.